The summed E-state index contributed by atoms with van der Waals surface area (Å²) in [5, 5.41) is 1.09. The summed E-state index contributed by atoms with van der Waals surface area (Å²) in [7, 11) is 0. The van der Waals surface area contributed by atoms with Crippen molar-refractivity contribution in [2.24, 2.45) is 0 Å². The van der Waals surface area contributed by atoms with Crippen molar-refractivity contribution < 1.29 is 4.79 Å². The molecule has 16 heavy (non-hydrogen) atoms. The van der Waals surface area contributed by atoms with Gasteiger partial charge in [-0.3, -0.25) is 4.79 Å². The number of halogens is 2. The van der Waals surface area contributed by atoms with Crippen LogP contribution in [0.25, 0.3) is 10.4 Å². The molecule has 0 spiro atoms. The molecule has 0 saturated carbocycles. The second kappa shape index (κ2) is 5.13. The van der Waals surface area contributed by atoms with E-state index in [0.717, 1.165) is 20.3 Å². The van der Waals surface area contributed by atoms with Crippen LogP contribution in [0, 0.1) is 0 Å². The number of hydrogen-bond donors (Lipinski definition) is 0. The van der Waals surface area contributed by atoms with E-state index in [1.165, 1.54) is 11.3 Å². The molecule has 0 aliphatic heterocycles. The number of carbonyl (C=O) groups excluding carboxylic acids is 1. The summed E-state index contributed by atoms with van der Waals surface area (Å²) in [6.07, 6.45) is 0. The minimum atomic E-state index is 0.116. The van der Waals surface area contributed by atoms with Gasteiger partial charge in [0.1, 0.15) is 0 Å². The summed E-state index contributed by atoms with van der Waals surface area (Å²) in [5.74, 6) is 0.116. The first-order chi connectivity index (χ1) is 7.70. The molecule has 0 unspecified atom stereocenters. The molecule has 0 radical (unpaired) electrons. The number of ketones is 1. The number of carbonyl (C=O) groups is 1. The van der Waals surface area contributed by atoms with E-state index in [0.29, 0.717) is 5.33 Å². The van der Waals surface area contributed by atoms with Gasteiger partial charge in [0.05, 0.1) is 10.2 Å². The van der Waals surface area contributed by atoms with Crippen LogP contribution in [-0.4, -0.2) is 11.1 Å². The Morgan fingerprint density at radius 2 is 1.88 bits per heavy atom. The van der Waals surface area contributed by atoms with Gasteiger partial charge in [0.15, 0.2) is 5.78 Å². The molecule has 0 atom stereocenters. The van der Waals surface area contributed by atoms with Gasteiger partial charge in [-0.15, -0.1) is 11.3 Å². The van der Waals surface area contributed by atoms with E-state index < -0.39 is 0 Å². The van der Waals surface area contributed by atoms with Crippen molar-refractivity contribution in [1.82, 2.24) is 0 Å². The lowest BCUT2D eigenvalue weighted by Crippen LogP contribution is -1.94. The smallest absolute Gasteiger partial charge is 0.183 e. The predicted octanol–water partition coefficient (Wildman–Crippen LogP) is 4.65. The molecule has 1 heterocycles. The van der Waals surface area contributed by atoms with E-state index in [9.17, 15) is 4.79 Å². The van der Waals surface area contributed by atoms with Crippen molar-refractivity contribution in [2.75, 3.05) is 5.33 Å². The molecule has 0 bridgehead atoms. The summed E-state index contributed by atoms with van der Waals surface area (Å²) in [5.41, 5.74) is 1.09. The number of rotatable bonds is 3. The number of alkyl halides is 1. The first-order valence-corrected chi connectivity index (χ1v) is 6.97. The molecule has 0 aliphatic rings. The molecule has 2 rings (SSSR count). The van der Waals surface area contributed by atoms with E-state index >= 15 is 0 Å². The second-order valence-electron chi connectivity index (χ2n) is 3.23. The Labute approximate surface area is 111 Å². The molecule has 0 saturated heterocycles. The maximum absolute atomic E-state index is 11.5. The molecule has 0 N–H and O–H groups in total. The first-order valence-electron chi connectivity index (χ1n) is 4.65. The topological polar surface area (TPSA) is 17.1 Å². The number of thiophene rings is 1. The van der Waals surface area contributed by atoms with Crippen molar-refractivity contribution in [3.8, 4) is 10.4 Å². The summed E-state index contributed by atoms with van der Waals surface area (Å²) in [6, 6.07) is 11.4. The van der Waals surface area contributed by atoms with Crippen molar-refractivity contribution in [1.29, 1.82) is 0 Å². The quantitative estimate of drug-likeness (QED) is 0.595. The Morgan fingerprint density at radius 1 is 1.19 bits per heavy atom. The molecular weight excluding hydrogens is 308 g/mol. The number of benzene rings is 1. The molecule has 82 valence electrons. The number of Topliss-reactive ketones (excluding diaryl/α,β-unsaturated/α-hetero) is 1. The zero-order valence-corrected chi connectivity index (χ0v) is 11.4. The van der Waals surface area contributed by atoms with Gasteiger partial charge in [-0.2, -0.15) is 0 Å². The SMILES string of the molecule is O=C(CBr)c1ccc(-c2ccc(Cl)cc2)s1. The maximum Gasteiger partial charge on any atom is 0.183 e. The largest absolute Gasteiger partial charge is 0.292 e. The van der Waals surface area contributed by atoms with Crippen molar-refractivity contribution in [3.63, 3.8) is 0 Å². The third-order valence-electron chi connectivity index (χ3n) is 2.13. The highest BCUT2D eigenvalue weighted by Gasteiger charge is 2.08. The summed E-state index contributed by atoms with van der Waals surface area (Å²) < 4.78 is 0. The molecular formula is C12H8BrClOS. The lowest BCUT2D eigenvalue weighted by atomic mass is 10.2. The van der Waals surface area contributed by atoms with Gasteiger partial charge in [0.2, 0.25) is 0 Å². The average Bonchev–Trinajstić information content (AvgIpc) is 2.78. The van der Waals surface area contributed by atoms with Crippen LogP contribution in [0.2, 0.25) is 5.02 Å². The fourth-order valence-electron chi connectivity index (χ4n) is 1.32. The van der Waals surface area contributed by atoms with Gasteiger partial charge < -0.3 is 0 Å². The Kier molecular flexibility index (Phi) is 3.79. The maximum atomic E-state index is 11.5. The van der Waals surface area contributed by atoms with E-state index in [2.05, 4.69) is 15.9 Å². The van der Waals surface area contributed by atoms with E-state index in [-0.39, 0.29) is 5.78 Å². The lowest BCUT2D eigenvalue weighted by molar-refractivity contribution is 0.102. The van der Waals surface area contributed by atoms with E-state index in [1.807, 2.05) is 36.4 Å². The molecule has 1 nitrogen and oxygen atoms in total. The highest BCUT2D eigenvalue weighted by Crippen LogP contribution is 2.29. The van der Waals surface area contributed by atoms with Crippen LogP contribution in [0.5, 0.6) is 0 Å². The Balaban J connectivity index is 2.31. The van der Waals surface area contributed by atoms with Crippen LogP contribution in [0.1, 0.15) is 9.67 Å². The summed E-state index contributed by atoms with van der Waals surface area (Å²) >= 11 is 10.5. The lowest BCUT2D eigenvalue weighted by Gasteiger charge is -1.96. The fourth-order valence-corrected chi connectivity index (χ4v) is 2.89. The van der Waals surface area contributed by atoms with Crippen LogP contribution in [-0.2, 0) is 0 Å². The standard InChI is InChI=1S/C12H8BrClOS/c13-7-10(15)12-6-5-11(16-12)8-1-3-9(14)4-2-8/h1-6H,7H2. The minimum absolute atomic E-state index is 0.116. The van der Waals surface area contributed by atoms with Gasteiger partial charge >= 0.3 is 0 Å². The third-order valence-corrected chi connectivity index (χ3v) is 4.07. The molecule has 1 aromatic carbocycles. The third kappa shape index (κ3) is 2.54. The zero-order valence-electron chi connectivity index (χ0n) is 8.24. The van der Waals surface area contributed by atoms with Crippen LogP contribution in [0.15, 0.2) is 36.4 Å². The van der Waals surface area contributed by atoms with E-state index in [4.69, 9.17) is 11.6 Å². The van der Waals surface area contributed by atoms with Gasteiger partial charge in [-0.1, -0.05) is 39.7 Å². The Hall–Kier alpha value is -0.640. The Bertz CT molecular complexity index is 504. The highest BCUT2D eigenvalue weighted by atomic mass is 79.9. The first kappa shape index (κ1) is 11.8. The fraction of sp³-hybridized carbons (Fsp3) is 0.0833. The van der Waals surface area contributed by atoms with Crippen molar-refractivity contribution >= 4 is 44.7 Å². The molecule has 1 aromatic heterocycles. The molecule has 0 amide bonds. The summed E-state index contributed by atoms with van der Waals surface area (Å²) in [4.78, 5) is 13.3. The molecule has 0 aliphatic carbocycles. The zero-order chi connectivity index (χ0) is 11.5. The second-order valence-corrected chi connectivity index (χ2v) is 5.31. The van der Waals surface area contributed by atoms with Gasteiger partial charge in [0, 0.05) is 9.90 Å². The average molecular weight is 316 g/mol. The minimum Gasteiger partial charge on any atom is -0.292 e. The van der Waals surface area contributed by atoms with Gasteiger partial charge in [-0.05, 0) is 29.8 Å². The monoisotopic (exact) mass is 314 g/mol. The van der Waals surface area contributed by atoms with Crippen molar-refractivity contribution in [2.45, 2.75) is 0 Å². The molecule has 2 aromatic rings. The van der Waals surface area contributed by atoms with E-state index in [1.54, 1.807) is 0 Å². The number of hydrogen-bond acceptors (Lipinski definition) is 2. The van der Waals surface area contributed by atoms with Crippen LogP contribution >= 0.6 is 38.9 Å². The molecule has 4 heteroatoms. The Morgan fingerprint density at radius 3 is 2.50 bits per heavy atom. The van der Waals surface area contributed by atoms with Crippen LogP contribution < -0.4 is 0 Å². The predicted molar refractivity (Wildman–Crippen MR) is 72.9 cm³/mol. The van der Waals surface area contributed by atoms with Gasteiger partial charge in [-0.25, -0.2) is 0 Å². The van der Waals surface area contributed by atoms with Crippen molar-refractivity contribution in [3.05, 3.63) is 46.3 Å². The van der Waals surface area contributed by atoms with Crippen LogP contribution in [0.3, 0.4) is 0 Å². The highest BCUT2D eigenvalue weighted by molar-refractivity contribution is 9.09. The normalized spacial score (nSPS) is 10.4. The molecule has 0 fully saturated rings. The van der Waals surface area contributed by atoms with Gasteiger partial charge in [0.25, 0.3) is 0 Å². The van der Waals surface area contributed by atoms with Crippen LogP contribution in [0.4, 0.5) is 0 Å². The summed E-state index contributed by atoms with van der Waals surface area (Å²) in [6.45, 7) is 0.